The van der Waals surface area contributed by atoms with Crippen molar-refractivity contribution in [3.63, 3.8) is 0 Å². The van der Waals surface area contributed by atoms with Gasteiger partial charge in [0.05, 0.1) is 10.2 Å². The SMILES string of the molecule is Cc1ccc2nc(-c3ccc(NC(=O)C4CCNCC4)cc3)sc2c1.Cl. The topological polar surface area (TPSA) is 54.0 Å². The number of anilines is 1. The van der Waals surface area contributed by atoms with Gasteiger partial charge in [0.2, 0.25) is 5.91 Å². The van der Waals surface area contributed by atoms with E-state index >= 15 is 0 Å². The molecule has 3 aromatic rings. The number of amides is 1. The summed E-state index contributed by atoms with van der Waals surface area (Å²) in [5.41, 5.74) is 4.22. The Labute approximate surface area is 163 Å². The number of hydrogen-bond donors (Lipinski definition) is 2. The lowest BCUT2D eigenvalue weighted by Crippen LogP contribution is -2.34. The molecule has 1 aromatic heterocycles. The predicted molar refractivity (Wildman–Crippen MR) is 111 cm³/mol. The molecule has 4 rings (SSSR count). The number of rotatable bonds is 3. The molecule has 0 bridgehead atoms. The monoisotopic (exact) mass is 387 g/mol. The molecule has 0 atom stereocenters. The van der Waals surface area contributed by atoms with Crippen molar-refractivity contribution in [3.8, 4) is 10.6 Å². The molecule has 1 fully saturated rings. The largest absolute Gasteiger partial charge is 0.326 e. The summed E-state index contributed by atoms with van der Waals surface area (Å²) in [6.45, 7) is 3.95. The number of aromatic nitrogens is 1. The van der Waals surface area contributed by atoms with Gasteiger partial charge < -0.3 is 10.6 Å². The van der Waals surface area contributed by atoms with Gasteiger partial charge in [0.1, 0.15) is 5.01 Å². The van der Waals surface area contributed by atoms with Crippen LogP contribution in [0.15, 0.2) is 42.5 Å². The fraction of sp³-hybridized carbons (Fsp3) is 0.300. The Morgan fingerprint density at radius 3 is 2.62 bits per heavy atom. The number of carbonyl (C=O) groups is 1. The lowest BCUT2D eigenvalue weighted by Gasteiger charge is -2.21. The number of thiazole rings is 1. The Morgan fingerprint density at radius 1 is 1.15 bits per heavy atom. The molecule has 6 heteroatoms. The van der Waals surface area contributed by atoms with Crippen molar-refractivity contribution in [1.29, 1.82) is 0 Å². The van der Waals surface area contributed by atoms with Crippen LogP contribution in [0, 0.1) is 12.8 Å². The van der Waals surface area contributed by atoms with Crippen LogP contribution < -0.4 is 10.6 Å². The van der Waals surface area contributed by atoms with E-state index in [1.54, 1.807) is 11.3 Å². The van der Waals surface area contributed by atoms with Gasteiger partial charge in [-0.3, -0.25) is 4.79 Å². The number of halogens is 1. The second-order valence-electron chi connectivity index (χ2n) is 6.58. The molecule has 1 amide bonds. The van der Waals surface area contributed by atoms with Gasteiger partial charge in [-0.1, -0.05) is 6.07 Å². The first-order valence-electron chi connectivity index (χ1n) is 8.68. The van der Waals surface area contributed by atoms with Crippen LogP contribution in [0.25, 0.3) is 20.8 Å². The van der Waals surface area contributed by atoms with Gasteiger partial charge in [-0.05, 0) is 74.8 Å². The van der Waals surface area contributed by atoms with Crippen molar-refractivity contribution in [2.45, 2.75) is 19.8 Å². The predicted octanol–water partition coefficient (Wildman–Crippen LogP) is 4.63. The summed E-state index contributed by atoms with van der Waals surface area (Å²) in [7, 11) is 0. The van der Waals surface area contributed by atoms with Crippen molar-refractivity contribution >= 4 is 45.6 Å². The van der Waals surface area contributed by atoms with Gasteiger partial charge >= 0.3 is 0 Å². The number of carbonyl (C=O) groups excluding carboxylic acids is 1. The smallest absolute Gasteiger partial charge is 0.227 e. The summed E-state index contributed by atoms with van der Waals surface area (Å²) in [6.07, 6.45) is 1.82. The van der Waals surface area contributed by atoms with Crippen molar-refractivity contribution in [1.82, 2.24) is 10.3 Å². The van der Waals surface area contributed by atoms with Crippen molar-refractivity contribution < 1.29 is 4.79 Å². The minimum Gasteiger partial charge on any atom is -0.326 e. The summed E-state index contributed by atoms with van der Waals surface area (Å²) >= 11 is 1.70. The molecule has 1 aliphatic rings. The van der Waals surface area contributed by atoms with E-state index in [2.05, 4.69) is 35.8 Å². The van der Waals surface area contributed by atoms with E-state index < -0.39 is 0 Å². The molecule has 0 spiro atoms. The summed E-state index contributed by atoms with van der Waals surface area (Å²) in [5.74, 6) is 0.248. The summed E-state index contributed by atoms with van der Waals surface area (Å²) in [5, 5.41) is 7.34. The Hall–Kier alpha value is -1.95. The average molecular weight is 388 g/mol. The molecule has 2 heterocycles. The van der Waals surface area contributed by atoms with E-state index in [9.17, 15) is 4.79 Å². The summed E-state index contributed by atoms with van der Waals surface area (Å²) in [6, 6.07) is 14.3. The van der Waals surface area contributed by atoms with Gasteiger partial charge in [-0.25, -0.2) is 4.98 Å². The number of benzene rings is 2. The van der Waals surface area contributed by atoms with E-state index in [0.29, 0.717) is 0 Å². The van der Waals surface area contributed by atoms with Crippen LogP contribution in [-0.4, -0.2) is 24.0 Å². The lowest BCUT2D eigenvalue weighted by atomic mass is 9.97. The zero-order chi connectivity index (χ0) is 17.2. The van der Waals surface area contributed by atoms with Gasteiger partial charge in [0.15, 0.2) is 0 Å². The van der Waals surface area contributed by atoms with Crippen LogP contribution in [0.5, 0.6) is 0 Å². The normalized spacial score (nSPS) is 14.8. The maximum absolute atomic E-state index is 12.3. The Morgan fingerprint density at radius 2 is 1.88 bits per heavy atom. The first-order valence-corrected chi connectivity index (χ1v) is 9.50. The maximum Gasteiger partial charge on any atom is 0.227 e. The van der Waals surface area contributed by atoms with Crippen LogP contribution >= 0.6 is 23.7 Å². The third-order valence-corrected chi connectivity index (χ3v) is 5.72. The van der Waals surface area contributed by atoms with Gasteiger partial charge in [0, 0.05) is 17.2 Å². The van der Waals surface area contributed by atoms with Crippen molar-refractivity contribution in [3.05, 3.63) is 48.0 Å². The second-order valence-corrected chi connectivity index (χ2v) is 7.61. The molecular weight excluding hydrogens is 366 g/mol. The van der Waals surface area contributed by atoms with E-state index in [0.717, 1.165) is 47.7 Å². The van der Waals surface area contributed by atoms with Gasteiger partial charge in [-0.2, -0.15) is 0 Å². The third-order valence-electron chi connectivity index (χ3n) is 4.65. The van der Waals surface area contributed by atoms with Crippen LogP contribution in [0.2, 0.25) is 0 Å². The number of fused-ring (bicyclic) bond motifs is 1. The molecule has 0 aliphatic carbocycles. The summed E-state index contributed by atoms with van der Waals surface area (Å²) in [4.78, 5) is 17.0. The Bertz CT molecular complexity index is 901. The van der Waals surface area contributed by atoms with Crippen molar-refractivity contribution in [2.75, 3.05) is 18.4 Å². The van der Waals surface area contributed by atoms with Gasteiger partial charge in [0.25, 0.3) is 0 Å². The molecule has 4 nitrogen and oxygen atoms in total. The van der Waals surface area contributed by atoms with E-state index in [4.69, 9.17) is 4.98 Å². The van der Waals surface area contributed by atoms with Crippen LogP contribution in [-0.2, 0) is 4.79 Å². The first-order chi connectivity index (χ1) is 12.2. The highest BCUT2D eigenvalue weighted by molar-refractivity contribution is 7.21. The molecule has 1 aliphatic heterocycles. The number of hydrogen-bond acceptors (Lipinski definition) is 4. The highest BCUT2D eigenvalue weighted by Crippen LogP contribution is 2.31. The quantitative estimate of drug-likeness (QED) is 0.688. The molecule has 0 unspecified atom stereocenters. The van der Waals surface area contributed by atoms with Gasteiger partial charge in [-0.15, -0.1) is 23.7 Å². The minimum absolute atomic E-state index is 0. The molecule has 0 saturated carbocycles. The zero-order valence-corrected chi connectivity index (χ0v) is 16.3. The van der Waals surface area contributed by atoms with Crippen LogP contribution in [0.1, 0.15) is 18.4 Å². The van der Waals surface area contributed by atoms with E-state index in [1.165, 1.54) is 10.3 Å². The lowest BCUT2D eigenvalue weighted by molar-refractivity contribution is -0.120. The standard InChI is InChI=1S/C20H21N3OS.ClH/c1-13-2-7-17-18(12-13)25-20(23-17)15-3-5-16(6-4-15)22-19(24)14-8-10-21-11-9-14;/h2-7,12,14,21H,8-11H2,1H3,(H,22,24);1H. The molecular formula is C20H22ClN3OS. The number of aryl methyl sites for hydroxylation is 1. The maximum atomic E-state index is 12.3. The number of nitrogens with one attached hydrogen (secondary N) is 2. The molecule has 2 N–H and O–H groups in total. The highest BCUT2D eigenvalue weighted by Gasteiger charge is 2.20. The Balaban J connectivity index is 0.00000196. The molecule has 0 radical (unpaired) electrons. The highest BCUT2D eigenvalue weighted by atomic mass is 35.5. The van der Waals surface area contributed by atoms with E-state index in [-0.39, 0.29) is 24.2 Å². The number of nitrogens with zero attached hydrogens (tertiary/aromatic N) is 1. The minimum atomic E-state index is 0. The second kappa shape index (κ2) is 8.16. The fourth-order valence-electron chi connectivity index (χ4n) is 3.18. The fourth-order valence-corrected chi connectivity index (χ4v) is 4.25. The average Bonchev–Trinajstić information content (AvgIpc) is 3.06. The number of piperidine rings is 1. The first kappa shape index (κ1) is 18.8. The Kier molecular flexibility index (Phi) is 5.91. The molecule has 26 heavy (non-hydrogen) atoms. The van der Waals surface area contributed by atoms with Crippen molar-refractivity contribution in [2.24, 2.45) is 5.92 Å². The van der Waals surface area contributed by atoms with E-state index in [1.807, 2.05) is 24.3 Å². The summed E-state index contributed by atoms with van der Waals surface area (Å²) < 4.78 is 1.21. The van der Waals surface area contributed by atoms with Crippen LogP contribution in [0.3, 0.4) is 0 Å². The zero-order valence-electron chi connectivity index (χ0n) is 14.6. The molecule has 1 saturated heterocycles. The third kappa shape index (κ3) is 4.06. The molecule has 136 valence electrons. The van der Waals surface area contributed by atoms with Crippen LogP contribution in [0.4, 0.5) is 5.69 Å². The molecule has 2 aromatic carbocycles.